The standard InChI is InChI=1S/C16H28/c1-3-5-7-9-11-13-15-16-14-12-10-8-6-4-2/h7-10,15-16H,3-6,11-14H2,1-2H3. The number of hydrogen-bond donors (Lipinski definition) is 0. The van der Waals surface area contributed by atoms with Crippen LogP contribution in [0.5, 0.6) is 0 Å². The highest BCUT2D eigenvalue weighted by Crippen LogP contribution is 2.00. The third kappa shape index (κ3) is 13.2. The zero-order chi connectivity index (χ0) is 11.9. The third-order valence-corrected chi connectivity index (χ3v) is 2.41. The Labute approximate surface area is 102 Å². The predicted molar refractivity (Wildman–Crippen MR) is 75.7 cm³/mol. The molecule has 92 valence electrons. The molecule has 0 unspecified atom stereocenters. The molecule has 0 N–H and O–H groups in total. The minimum atomic E-state index is 1.19. The molecule has 0 heterocycles. The zero-order valence-corrected chi connectivity index (χ0v) is 11.1. The monoisotopic (exact) mass is 220 g/mol. The summed E-state index contributed by atoms with van der Waals surface area (Å²) in [5.74, 6) is 0. The van der Waals surface area contributed by atoms with Crippen LogP contribution in [0.2, 0.25) is 0 Å². The van der Waals surface area contributed by atoms with Crippen LogP contribution >= 0.6 is 0 Å². The van der Waals surface area contributed by atoms with Crippen molar-refractivity contribution in [3.05, 3.63) is 36.5 Å². The Kier molecular flexibility index (Phi) is 13.5. The van der Waals surface area contributed by atoms with Crippen molar-refractivity contribution in [2.24, 2.45) is 0 Å². The van der Waals surface area contributed by atoms with Crippen LogP contribution in [-0.2, 0) is 0 Å². The molecule has 0 rings (SSSR count). The lowest BCUT2D eigenvalue weighted by molar-refractivity contribution is 0.936. The molecule has 0 spiro atoms. The van der Waals surface area contributed by atoms with Crippen LogP contribution in [0.3, 0.4) is 0 Å². The Morgan fingerprint density at radius 3 is 0.938 bits per heavy atom. The molecule has 0 bridgehead atoms. The average molecular weight is 220 g/mol. The maximum atomic E-state index is 2.31. The first-order valence-electron chi connectivity index (χ1n) is 6.86. The minimum Gasteiger partial charge on any atom is -0.0885 e. The summed E-state index contributed by atoms with van der Waals surface area (Å²) in [5, 5.41) is 0. The van der Waals surface area contributed by atoms with Crippen LogP contribution in [0.4, 0.5) is 0 Å². The molecule has 0 aromatic rings. The third-order valence-electron chi connectivity index (χ3n) is 2.41. The summed E-state index contributed by atoms with van der Waals surface area (Å²) in [6.07, 6.45) is 23.6. The molecule has 0 heteroatoms. The zero-order valence-electron chi connectivity index (χ0n) is 11.1. The molecule has 0 aromatic carbocycles. The van der Waals surface area contributed by atoms with E-state index in [9.17, 15) is 0 Å². The lowest BCUT2D eigenvalue weighted by Gasteiger charge is -1.89. The first-order chi connectivity index (χ1) is 7.91. The maximum Gasteiger partial charge on any atom is -0.0316 e. The second kappa shape index (κ2) is 14.2. The fourth-order valence-corrected chi connectivity index (χ4v) is 1.43. The van der Waals surface area contributed by atoms with Crippen LogP contribution < -0.4 is 0 Å². The summed E-state index contributed by atoms with van der Waals surface area (Å²) < 4.78 is 0. The Morgan fingerprint density at radius 1 is 0.438 bits per heavy atom. The van der Waals surface area contributed by atoms with Gasteiger partial charge in [0.05, 0.1) is 0 Å². The van der Waals surface area contributed by atoms with Gasteiger partial charge in [-0.05, 0) is 38.5 Å². The van der Waals surface area contributed by atoms with E-state index < -0.39 is 0 Å². The van der Waals surface area contributed by atoms with Gasteiger partial charge >= 0.3 is 0 Å². The van der Waals surface area contributed by atoms with E-state index in [4.69, 9.17) is 0 Å². The molecule has 0 fully saturated rings. The molecule has 0 aromatic heterocycles. The lowest BCUT2D eigenvalue weighted by atomic mass is 10.2. The number of hydrogen-bond acceptors (Lipinski definition) is 0. The molecule has 0 saturated heterocycles. The minimum absolute atomic E-state index is 1.19. The molecule has 16 heavy (non-hydrogen) atoms. The molecule has 0 amide bonds. The van der Waals surface area contributed by atoms with Gasteiger partial charge < -0.3 is 0 Å². The van der Waals surface area contributed by atoms with Crippen molar-refractivity contribution < 1.29 is 0 Å². The van der Waals surface area contributed by atoms with E-state index >= 15 is 0 Å². The van der Waals surface area contributed by atoms with E-state index in [2.05, 4.69) is 50.3 Å². The van der Waals surface area contributed by atoms with Gasteiger partial charge in [0.15, 0.2) is 0 Å². The SMILES string of the molecule is CCCC=CCCC=CCCC=CCCC. The van der Waals surface area contributed by atoms with Gasteiger partial charge in [-0.2, -0.15) is 0 Å². The van der Waals surface area contributed by atoms with Gasteiger partial charge in [-0.1, -0.05) is 63.1 Å². The first-order valence-corrected chi connectivity index (χ1v) is 6.86. The number of allylic oxidation sites excluding steroid dienone is 6. The molecule has 0 aliphatic carbocycles. The van der Waals surface area contributed by atoms with Crippen molar-refractivity contribution in [1.29, 1.82) is 0 Å². The van der Waals surface area contributed by atoms with Gasteiger partial charge in [-0.3, -0.25) is 0 Å². The Hall–Kier alpha value is -0.780. The van der Waals surface area contributed by atoms with Gasteiger partial charge in [-0.25, -0.2) is 0 Å². The molecular formula is C16H28. The van der Waals surface area contributed by atoms with Crippen molar-refractivity contribution in [2.45, 2.75) is 65.2 Å². The fraction of sp³-hybridized carbons (Fsp3) is 0.625. The van der Waals surface area contributed by atoms with Crippen molar-refractivity contribution in [3.63, 3.8) is 0 Å². The highest BCUT2D eigenvalue weighted by atomic mass is 13.9. The molecule has 0 nitrogen and oxygen atoms in total. The molecule has 0 aliphatic rings. The summed E-state index contributed by atoms with van der Waals surface area (Å²) in [7, 11) is 0. The van der Waals surface area contributed by atoms with Gasteiger partial charge in [0.2, 0.25) is 0 Å². The quantitative estimate of drug-likeness (QED) is 0.321. The van der Waals surface area contributed by atoms with Crippen molar-refractivity contribution >= 4 is 0 Å². The Bertz CT molecular complexity index is 174. The summed E-state index contributed by atoms with van der Waals surface area (Å²) in [6.45, 7) is 4.44. The lowest BCUT2D eigenvalue weighted by Crippen LogP contribution is -1.69. The highest BCUT2D eigenvalue weighted by molar-refractivity contribution is 4.90. The van der Waals surface area contributed by atoms with E-state index in [1.807, 2.05) is 0 Å². The van der Waals surface area contributed by atoms with Crippen LogP contribution in [0.15, 0.2) is 36.5 Å². The van der Waals surface area contributed by atoms with Crippen LogP contribution in [0.1, 0.15) is 65.2 Å². The van der Waals surface area contributed by atoms with Gasteiger partial charge in [-0.15, -0.1) is 0 Å². The van der Waals surface area contributed by atoms with E-state index in [-0.39, 0.29) is 0 Å². The predicted octanol–water partition coefficient (Wildman–Crippen LogP) is 5.82. The fourth-order valence-electron chi connectivity index (χ4n) is 1.43. The van der Waals surface area contributed by atoms with Crippen LogP contribution in [0.25, 0.3) is 0 Å². The molecule has 0 saturated carbocycles. The summed E-state index contributed by atoms with van der Waals surface area (Å²) in [5.41, 5.74) is 0. The number of rotatable bonds is 10. The van der Waals surface area contributed by atoms with Crippen molar-refractivity contribution in [1.82, 2.24) is 0 Å². The Morgan fingerprint density at radius 2 is 0.688 bits per heavy atom. The largest absolute Gasteiger partial charge is 0.0885 e. The highest BCUT2D eigenvalue weighted by Gasteiger charge is 1.79. The maximum absolute atomic E-state index is 2.31. The first kappa shape index (κ1) is 15.2. The second-order valence-corrected chi connectivity index (χ2v) is 4.15. The van der Waals surface area contributed by atoms with Crippen LogP contribution in [0, 0.1) is 0 Å². The smallest absolute Gasteiger partial charge is 0.0316 e. The van der Waals surface area contributed by atoms with E-state index in [0.29, 0.717) is 0 Å². The summed E-state index contributed by atoms with van der Waals surface area (Å²) >= 11 is 0. The van der Waals surface area contributed by atoms with Gasteiger partial charge in [0.25, 0.3) is 0 Å². The van der Waals surface area contributed by atoms with Crippen molar-refractivity contribution in [3.8, 4) is 0 Å². The Balaban J connectivity index is 3.22. The van der Waals surface area contributed by atoms with E-state index in [1.165, 1.54) is 51.4 Å². The molecule has 0 aliphatic heterocycles. The normalized spacial score (nSPS) is 12.4. The molecule has 0 atom stereocenters. The molecule has 0 radical (unpaired) electrons. The topological polar surface area (TPSA) is 0 Å². The number of unbranched alkanes of at least 4 members (excludes halogenated alkanes) is 4. The average Bonchev–Trinajstić information content (AvgIpc) is 2.31. The molecular weight excluding hydrogens is 192 g/mol. The van der Waals surface area contributed by atoms with Gasteiger partial charge in [0.1, 0.15) is 0 Å². The van der Waals surface area contributed by atoms with Gasteiger partial charge in [0, 0.05) is 0 Å². The second-order valence-electron chi connectivity index (χ2n) is 4.15. The summed E-state index contributed by atoms with van der Waals surface area (Å²) in [4.78, 5) is 0. The van der Waals surface area contributed by atoms with E-state index in [1.54, 1.807) is 0 Å². The van der Waals surface area contributed by atoms with Crippen molar-refractivity contribution in [2.75, 3.05) is 0 Å². The van der Waals surface area contributed by atoms with E-state index in [0.717, 1.165) is 0 Å². The van der Waals surface area contributed by atoms with Crippen LogP contribution in [-0.4, -0.2) is 0 Å². The summed E-state index contributed by atoms with van der Waals surface area (Å²) in [6, 6.07) is 0.